The van der Waals surface area contributed by atoms with Crippen LogP contribution < -0.4 is 10.6 Å². The first-order valence-corrected chi connectivity index (χ1v) is 9.41. The molecule has 0 aliphatic carbocycles. The number of carbonyl (C=O) groups is 1. The largest absolute Gasteiger partial charge is 0.444 e. The molecule has 0 unspecified atom stereocenters. The zero-order chi connectivity index (χ0) is 20.2. The number of hydrogen-bond acceptors (Lipinski definition) is 3. The number of aryl methyl sites for hydroxylation is 1. The van der Waals surface area contributed by atoms with Crippen LogP contribution in [0.25, 0.3) is 22.7 Å². The van der Waals surface area contributed by atoms with Crippen molar-refractivity contribution in [2.45, 2.75) is 6.92 Å². The molecule has 1 aromatic heterocycles. The summed E-state index contributed by atoms with van der Waals surface area (Å²) in [5.74, 6) is 0.488. The van der Waals surface area contributed by atoms with Crippen molar-refractivity contribution in [1.29, 1.82) is 0 Å². The van der Waals surface area contributed by atoms with Crippen LogP contribution in [-0.2, 0) is 0 Å². The van der Waals surface area contributed by atoms with Gasteiger partial charge in [-0.2, -0.15) is 0 Å². The lowest BCUT2D eigenvalue weighted by Gasteiger charge is -2.08. The summed E-state index contributed by atoms with van der Waals surface area (Å²) in [5.41, 5.74) is 4.99. The third-order valence-electron chi connectivity index (χ3n) is 4.32. The molecule has 0 aliphatic rings. The normalized spacial score (nSPS) is 10.6. The first-order valence-electron chi connectivity index (χ1n) is 9.03. The Hall–Kier alpha value is -3.57. The first-order chi connectivity index (χ1) is 14.1. The van der Waals surface area contributed by atoms with E-state index in [1.54, 1.807) is 36.6 Å². The van der Waals surface area contributed by atoms with E-state index in [4.69, 9.17) is 16.0 Å². The number of benzene rings is 3. The molecule has 0 fully saturated rings. The Labute approximate surface area is 173 Å². The predicted molar refractivity (Wildman–Crippen MR) is 116 cm³/mol. The van der Waals surface area contributed by atoms with E-state index < -0.39 is 0 Å². The van der Waals surface area contributed by atoms with Gasteiger partial charge in [-0.1, -0.05) is 47.5 Å². The van der Waals surface area contributed by atoms with Crippen molar-refractivity contribution >= 4 is 29.0 Å². The molecule has 2 N–H and O–H groups in total. The Bertz CT molecular complexity index is 1140. The van der Waals surface area contributed by atoms with Gasteiger partial charge in [-0.25, -0.2) is 9.78 Å². The van der Waals surface area contributed by atoms with Gasteiger partial charge in [0, 0.05) is 27.5 Å². The minimum Gasteiger partial charge on any atom is -0.444 e. The summed E-state index contributed by atoms with van der Waals surface area (Å²) in [6.07, 6.45) is 1.63. The van der Waals surface area contributed by atoms with Gasteiger partial charge in [-0.15, -0.1) is 0 Å². The van der Waals surface area contributed by atoms with Gasteiger partial charge >= 0.3 is 6.03 Å². The van der Waals surface area contributed by atoms with E-state index in [9.17, 15) is 4.79 Å². The molecule has 0 radical (unpaired) electrons. The molecule has 0 saturated heterocycles. The Morgan fingerprint density at radius 1 is 0.897 bits per heavy atom. The summed E-state index contributed by atoms with van der Waals surface area (Å²) < 4.78 is 5.65. The molecule has 4 rings (SSSR count). The Morgan fingerprint density at radius 3 is 2.38 bits per heavy atom. The van der Waals surface area contributed by atoms with Crippen LogP contribution in [-0.4, -0.2) is 11.0 Å². The van der Waals surface area contributed by atoms with Crippen LogP contribution >= 0.6 is 11.6 Å². The quantitative estimate of drug-likeness (QED) is 0.402. The zero-order valence-electron chi connectivity index (χ0n) is 15.6. The molecule has 2 amide bonds. The first kappa shape index (κ1) is 18.8. The maximum absolute atomic E-state index is 12.2. The second-order valence-corrected chi connectivity index (χ2v) is 7.01. The summed E-state index contributed by atoms with van der Waals surface area (Å²) in [5, 5.41) is 6.18. The van der Waals surface area contributed by atoms with Gasteiger partial charge < -0.3 is 15.1 Å². The molecule has 4 aromatic rings. The minimum atomic E-state index is -0.350. The molecule has 0 spiro atoms. The summed E-state index contributed by atoms with van der Waals surface area (Å²) in [4.78, 5) is 16.8. The monoisotopic (exact) mass is 403 g/mol. The number of urea groups is 1. The lowest BCUT2D eigenvalue weighted by molar-refractivity contribution is 0.262. The molecule has 6 heteroatoms. The lowest BCUT2D eigenvalue weighted by atomic mass is 10.1. The smallest absolute Gasteiger partial charge is 0.323 e. The van der Waals surface area contributed by atoms with E-state index >= 15 is 0 Å². The third kappa shape index (κ3) is 4.65. The van der Waals surface area contributed by atoms with Gasteiger partial charge in [-0.05, 0) is 49.4 Å². The Kier molecular flexibility index (Phi) is 5.31. The van der Waals surface area contributed by atoms with E-state index in [2.05, 4.69) is 15.6 Å². The highest BCUT2D eigenvalue weighted by atomic mass is 35.5. The molecular formula is C23H18ClN3O2. The molecular weight excluding hydrogens is 386 g/mol. The second kappa shape index (κ2) is 8.20. The SMILES string of the molecule is Cc1ccc(-c2coc(-c3cccc(NC(=O)Nc4ccc(Cl)cc4)c3)n2)cc1. The number of aromatic nitrogens is 1. The van der Waals surface area contributed by atoms with Crippen LogP contribution in [0.15, 0.2) is 83.5 Å². The summed E-state index contributed by atoms with van der Waals surface area (Å²) in [7, 11) is 0. The average molecular weight is 404 g/mol. The van der Waals surface area contributed by atoms with E-state index in [1.807, 2.05) is 49.4 Å². The fraction of sp³-hybridized carbons (Fsp3) is 0.0435. The number of amides is 2. The number of rotatable bonds is 4. The highest BCUT2D eigenvalue weighted by Gasteiger charge is 2.10. The number of anilines is 2. The average Bonchev–Trinajstić information content (AvgIpc) is 3.21. The lowest BCUT2D eigenvalue weighted by Crippen LogP contribution is -2.19. The van der Waals surface area contributed by atoms with Gasteiger partial charge in [0.05, 0.1) is 0 Å². The Morgan fingerprint density at radius 2 is 1.62 bits per heavy atom. The molecule has 0 saturated carbocycles. The van der Waals surface area contributed by atoms with Gasteiger partial charge in [0.1, 0.15) is 12.0 Å². The number of oxazole rings is 1. The molecule has 0 aliphatic heterocycles. The van der Waals surface area contributed by atoms with E-state index in [0.717, 1.165) is 16.8 Å². The van der Waals surface area contributed by atoms with Crippen molar-refractivity contribution in [1.82, 2.24) is 4.98 Å². The number of halogens is 1. The number of carbonyl (C=O) groups excluding carboxylic acids is 1. The van der Waals surface area contributed by atoms with E-state index in [-0.39, 0.29) is 6.03 Å². The van der Waals surface area contributed by atoms with Crippen LogP contribution in [0.4, 0.5) is 16.2 Å². The summed E-state index contributed by atoms with van der Waals surface area (Å²) in [6.45, 7) is 2.04. The number of nitrogens with one attached hydrogen (secondary N) is 2. The minimum absolute atomic E-state index is 0.350. The van der Waals surface area contributed by atoms with Gasteiger partial charge in [0.15, 0.2) is 0 Å². The fourth-order valence-corrected chi connectivity index (χ4v) is 2.95. The molecule has 29 heavy (non-hydrogen) atoms. The number of nitrogens with zero attached hydrogens (tertiary/aromatic N) is 1. The molecule has 0 atom stereocenters. The van der Waals surface area contributed by atoms with Crippen LogP contribution in [0.3, 0.4) is 0 Å². The van der Waals surface area contributed by atoms with Crippen molar-refractivity contribution in [3.63, 3.8) is 0 Å². The molecule has 0 bridgehead atoms. The van der Waals surface area contributed by atoms with Crippen molar-refractivity contribution in [2.24, 2.45) is 0 Å². The van der Waals surface area contributed by atoms with Crippen LogP contribution in [0.5, 0.6) is 0 Å². The van der Waals surface area contributed by atoms with Gasteiger partial charge in [0.25, 0.3) is 0 Å². The predicted octanol–water partition coefficient (Wildman–Crippen LogP) is 6.61. The third-order valence-corrected chi connectivity index (χ3v) is 4.57. The molecule has 1 heterocycles. The van der Waals surface area contributed by atoms with Crippen molar-refractivity contribution < 1.29 is 9.21 Å². The second-order valence-electron chi connectivity index (χ2n) is 6.57. The molecule has 144 valence electrons. The summed E-state index contributed by atoms with van der Waals surface area (Å²) >= 11 is 5.86. The molecule has 5 nitrogen and oxygen atoms in total. The molecule has 3 aromatic carbocycles. The van der Waals surface area contributed by atoms with Crippen molar-refractivity contribution in [3.05, 3.63) is 89.6 Å². The highest BCUT2D eigenvalue weighted by Crippen LogP contribution is 2.26. The van der Waals surface area contributed by atoms with Crippen LogP contribution in [0.2, 0.25) is 5.02 Å². The van der Waals surface area contributed by atoms with E-state index in [1.165, 1.54) is 5.56 Å². The maximum atomic E-state index is 12.2. The summed E-state index contributed by atoms with van der Waals surface area (Å²) in [6, 6.07) is 22.0. The van der Waals surface area contributed by atoms with Gasteiger partial charge in [0.2, 0.25) is 5.89 Å². The maximum Gasteiger partial charge on any atom is 0.323 e. The Balaban J connectivity index is 1.48. The van der Waals surface area contributed by atoms with Gasteiger partial charge in [-0.3, -0.25) is 0 Å². The van der Waals surface area contributed by atoms with Crippen LogP contribution in [0, 0.1) is 6.92 Å². The van der Waals surface area contributed by atoms with Crippen molar-refractivity contribution in [2.75, 3.05) is 10.6 Å². The fourth-order valence-electron chi connectivity index (χ4n) is 2.82. The standard InChI is InChI=1S/C23H18ClN3O2/c1-15-5-7-16(8-6-15)21-14-29-22(27-21)17-3-2-4-20(13-17)26-23(28)25-19-11-9-18(24)10-12-19/h2-14H,1H3,(H2,25,26,28). The highest BCUT2D eigenvalue weighted by molar-refractivity contribution is 6.30. The topological polar surface area (TPSA) is 67.2 Å². The van der Waals surface area contributed by atoms with Crippen molar-refractivity contribution in [3.8, 4) is 22.7 Å². The zero-order valence-corrected chi connectivity index (χ0v) is 16.4. The van der Waals surface area contributed by atoms with Crippen LogP contribution in [0.1, 0.15) is 5.56 Å². The van der Waals surface area contributed by atoms with E-state index in [0.29, 0.717) is 22.3 Å². The number of hydrogen-bond donors (Lipinski definition) is 2.